The molecule has 0 saturated heterocycles. The number of benzene rings is 10. The first-order chi connectivity index (χ1) is 30.1. The number of nitrogens with zero attached hydrogens (tertiary/aromatic N) is 1. The summed E-state index contributed by atoms with van der Waals surface area (Å²) in [6.07, 6.45) is 0. The van der Waals surface area contributed by atoms with Crippen LogP contribution in [-0.4, -0.2) is 0 Å². The van der Waals surface area contributed by atoms with E-state index < -0.39 is 0 Å². The molecule has 0 aromatic heterocycles. The second-order valence-corrected chi connectivity index (χ2v) is 16.3. The third-order valence-corrected chi connectivity index (χ3v) is 12.8. The predicted molar refractivity (Wildman–Crippen MR) is 258 cm³/mol. The predicted octanol–water partition coefficient (Wildman–Crippen LogP) is 16.3. The Bertz CT molecular complexity index is 3170. The lowest BCUT2D eigenvalue weighted by molar-refractivity contribution is 0.714. The summed E-state index contributed by atoms with van der Waals surface area (Å²) in [7, 11) is 0. The largest absolute Gasteiger partial charge is 0.310 e. The summed E-state index contributed by atoms with van der Waals surface area (Å²) in [4.78, 5) is 2.46. The van der Waals surface area contributed by atoms with Crippen molar-refractivity contribution in [3.63, 3.8) is 0 Å². The maximum absolute atomic E-state index is 2.46. The van der Waals surface area contributed by atoms with E-state index in [-0.39, 0.29) is 5.41 Å². The Morgan fingerprint density at radius 3 is 1.48 bits per heavy atom. The van der Waals surface area contributed by atoms with E-state index in [1.165, 1.54) is 83.1 Å². The van der Waals surface area contributed by atoms with Crippen LogP contribution in [0.3, 0.4) is 0 Å². The molecule has 288 valence electrons. The Labute approximate surface area is 358 Å². The number of hydrogen-bond acceptors (Lipinski definition) is 1. The van der Waals surface area contributed by atoms with Gasteiger partial charge in [-0.25, -0.2) is 0 Å². The van der Waals surface area contributed by atoms with Crippen molar-refractivity contribution in [1.82, 2.24) is 0 Å². The van der Waals surface area contributed by atoms with Gasteiger partial charge in [0.1, 0.15) is 0 Å². The number of rotatable bonds is 8. The van der Waals surface area contributed by atoms with Gasteiger partial charge in [0, 0.05) is 22.4 Å². The Morgan fingerprint density at radius 2 is 0.787 bits per heavy atom. The van der Waals surface area contributed by atoms with E-state index in [9.17, 15) is 0 Å². The van der Waals surface area contributed by atoms with Crippen LogP contribution in [0.1, 0.15) is 23.6 Å². The second-order valence-electron chi connectivity index (χ2n) is 16.3. The van der Waals surface area contributed by atoms with Crippen molar-refractivity contribution in [1.29, 1.82) is 0 Å². The lowest BCUT2D eigenvalue weighted by atomic mass is 9.74. The van der Waals surface area contributed by atoms with Gasteiger partial charge in [-0.05, 0) is 121 Å². The zero-order valence-electron chi connectivity index (χ0n) is 34.0. The maximum Gasteiger partial charge on any atom is 0.0543 e. The van der Waals surface area contributed by atoms with Gasteiger partial charge in [0.2, 0.25) is 0 Å². The van der Waals surface area contributed by atoms with Crippen molar-refractivity contribution in [3.05, 3.63) is 259 Å². The summed E-state index contributed by atoms with van der Waals surface area (Å²) in [6.45, 7) is 2.39. The minimum absolute atomic E-state index is 0.306. The molecule has 0 N–H and O–H groups in total. The molecule has 0 saturated carbocycles. The summed E-state index contributed by atoms with van der Waals surface area (Å²) in [5.74, 6) is 0. The molecular formula is C60H43N. The molecular weight excluding hydrogens is 735 g/mol. The van der Waals surface area contributed by atoms with Crippen molar-refractivity contribution in [2.75, 3.05) is 4.90 Å². The van der Waals surface area contributed by atoms with Crippen molar-refractivity contribution in [2.24, 2.45) is 0 Å². The van der Waals surface area contributed by atoms with Crippen LogP contribution >= 0.6 is 0 Å². The Balaban J connectivity index is 1.02. The van der Waals surface area contributed by atoms with Crippen molar-refractivity contribution >= 4 is 27.8 Å². The number of hydrogen-bond donors (Lipinski definition) is 0. The molecule has 0 fully saturated rings. The van der Waals surface area contributed by atoms with E-state index in [0.29, 0.717) is 0 Å². The first-order valence-corrected chi connectivity index (χ1v) is 21.2. The van der Waals surface area contributed by atoms with Crippen molar-refractivity contribution in [2.45, 2.75) is 12.3 Å². The molecule has 1 atom stereocenters. The summed E-state index contributed by atoms with van der Waals surface area (Å²) in [6, 6.07) is 88.7. The molecule has 1 heteroatoms. The zero-order valence-corrected chi connectivity index (χ0v) is 34.0. The molecule has 10 aromatic rings. The maximum atomic E-state index is 2.46. The van der Waals surface area contributed by atoms with E-state index in [1.54, 1.807) is 0 Å². The van der Waals surface area contributed by atoms with Gasteiger partial charge in [-0.2, -0.15) is 0 Å². The molecule has 0 radical (unpaired) electrons. The molecule has 61 heavy (non-hydrogen) atoms. The van der Waals surface area contributed by atoms with Crippen LogP contribution in [0.4, 0.5) is 17.1 Å². The summed E-state index contributed by atoms with van der Waals surface area (Å²) < 4.78 is 0. The van der Waals surface area contributed by atoms with Gasteiger partial charge in [0.15, 0.2) is 0 Å². The highest BCUT2D eigenvalue weighted by molar-refractivity contribution is 5.97. The Morgan fingerprint density at radius 1 is 0.311 bits per heavy atom. The number of fused-ring (bicyclic) bond motifs is 4. The van der Waals surface area contributed by atoms with Crippen LogP contribution in [0.5, 0.6) is 0 Å². The summed E-state index contributed by atoms with van der Waals surface area (Å²) >= 11 is 0. The van der Waals surface area contributed by atoms with Crippen molar-refractivity contribution in [3.8, 4) is 55.6 Å². The van der Waals surface area contributed by atoms with E-state index in [4.69, 9.17) is 0 Å². The highest BCUT2D eigenvalue weighted by Crippen LogP contribution is 2.56. The molecule has 0 heterocycles. The van der Waals surface area contributed by atoms with Crippen LogP contribution in [0.25, 0.3) is 66.4 Å². The molecule has 0 spiro atoms. The summed E-state index contributed by atoms with van der Waals surface area (Å²) in [5, 5.41) is 2.51. The van der Waals surface area contributed by atoms with Crippen LogP contribution in [-0.2, 0) is 5.41 Å². The van der Waals surface area contributed by atoms with Crippen LogP contribution in [0.2, 0.25) is 0 Å². The topological polar surface area (TPSA) is 3.24 Å². The van der Waals surface area contributed by atoms with Gasteiger partial charge < -0.3 is 4.90 Å². The normalized spacial score (nSPS) is 14.0. The minimum Gasteiger partial charge on any atom is -0.310 e. The van der Waals surface area contributed by atoms with Gasteiger partial charge in [-0.3, -0.25) is 0 Å². The average molecular weight is 778 g/mol. The standard InChI is InChI=1S/C60H43N/c1-60(52-19-6-3-7-20-52)56-23-11-10-22-55(56)59-57(60)24-13-25-58(59)61(53-38-36-46(37-39-53)45-28-26-44(27-29-45)42-14-4-2-5-15-42)54-21-12-18-50(41-54)47-30-32-48(33-31-47)51-35-34-43-16-8-9-17-49(43)40-51/h2-41H,1H3. The Hall–Kier alpha value is -7.74. The molecule has 0 amide bonds. The fraction of sp³-hybridized carbons (Fsp3) is 0.0333. The third-order valence-electron chi connectivity index (χ3n) is 12.8. The lowest BCUT2D eigenvalue weighted by Gasteiger charge is -2.31. The molecule has 10 aromatic carbocycles. The minimum atomic E-state index is -0.306. The van der Waals surface area contributed by atoms with Gasteiger partial charge >= 0.3 is 0 Å². The van der Waals surface area contributed by atoms with E-state index in [0.717, 1.165) is 17.1 Å². The molecule has 1 unspecified atom stereocenters. The third kappa shape index (κ3) is 6.43. The highest BCUT2D eigenvalue weighted by Gasteiger charge is 2.42. The first-order valence-electron chi connectivity index (χ1n) is 21.2. The SMILES string of the molecule is CC1(c2ccccc2)c2ccccc2-c2c(N(c3ccc(-c4ccc(-c5ccccc5)cc4)cc3)c3cccc(-c4ccc(-c5ccc6ccccc6c5)cc4)c3)cccc21. The molecule has 1 aliphatic carbocycles. The van der Waals surface area contributed by atoms with E-state index >= 15 is 0 Å². The first kappa shape index (κ1) is 36.3. The number of anilines is 3. The fourth-order valence-electron chi connectivity index (χ4n) is 9.56. The molecule has 1 aliphatic rings. The van der Waals surface area contributed by atoms with Crippen LogP contribution in [0, 0.1) is 0 Å². The summed E-state index contributed by atoms with van der Waals surface area (Å²) in [5.41, 5.74) is 19.2. The lowest BCUT2D eigenvalue weighted by Crippen LogP contribution is -2.22. The highest BCUT2D eigenvalue weighted by atomic mass is 15.1. The van der Waals surface area contributed by atoms with Crippen LogP contribution < -0.4 is 4.90 Å². The zero-order chi connectivity index (χ0) is 40.8. The Kier molecular flexibility index (Phi) is 9.02. The van der Waals surface area contributed by atoms with Gasteiger partial charge in [-0.1, -0.05) is 206 Å². The molecule has 0 bridgehead atoms. The fourth-order valence-corrected chi connectivity index (χ4v) is 9.56. The van der Waals surface area contributed by atoms with E-state index in [1.807, 2.05) is 0 Å². The van der Waals surface area contributed by atoms with E-state index in [2.05, 4.69) is 254 Å². The van der Waals surface area contributed by atoms with Gasteiger partial charge in [0.05, 0.1) is 5.69 Å². The van der Waals surface area contributed by atoms with Gasteiger partial charge in [-0.15, -0.1) is 0 Å². The molecule has 11 rings (SSSR count). The second kappa shape index (κ2) is 15.1. The van der Waals surface area contributed by atoms with Crippen LogP contribution in [0.15, 0.2) is 243 Å². The van der Waals surface area contributed by atoms with Crippen molar-refractivity contribution < 1.29 is 0 Å². The average Bonchev–Trinajstić information content (AvgIpc) is 3.61. The quantitative estimate of drug-likeness (QED) is 0.149. The van der Waals surface area contributed by atoms with Gasteiger partial charge in [0.25, 0.3) is 0 Å². The molecule has 1 nitrogen and oxygen atoms in total. The smallest absolute Gasteiger partial charge is 0.0543 e. The monoisotopic (exact) mass is 777 g/mol. The molecule has 0 aliphatic heterocycles.